The molecule has 0 bridgehead atoms. The number of nitrogens with zero attached hydrogens (tertiary/aromatic N) is 1. The van der Waals surface area contributed by atoms with Crippen molar-refractivity contribution in [2.45, 2.75) is 38.0 Å². The summed E-state index contributed by atoms with van der Waals surface area (Å²) in [7, 11) is 2.21. The number of aromatic carboxylic acids is 1. The highest BCUT2D eigenvalue weighted by molar-refractivity contribution is 5.87. The lowest BCUT2D eigenvalue weighted by atomic mass is 9.74. The first kappa shape index (κ1) is 25.8. The Morgan fingerprint density at radius 2 is 1.71 bits per heavy atom. The molecule has 1 atom stereocenters. The number of phenolic OH excluding ortho intramolecular Hbond substituents is 1. The summed E-state index contributed by atoms with van der Waals surface area (Å²) >= 11 is 0. The first-order valence-electron chi connectivity index (χ1n) is 10.1. The molecular formula is C23H33N3O5. The van der Waals surface area contributed by atoms with Crippen LogP contribution in [-0.4, -0.2) is 52.4 Å². The van der Waals surface area contributed by atoms with E-state index in [1.165, 1.54) is 43.5 Å². The lowest BCUT2D eigenvalue weighted by Gasteiger charge is -2.35. The van der Waals surface area contributed by atoms with Crippen LogP contribution in [0.25, 0.3) is 0 Å². The van der Waals surface area contributed by atoms with Crippen molar-refractivity contribution in [1.29, 1.82) is 0 Å². The highest BCUT2D eigenvalue weighted by atomic mass is 16.4. The number of anilines is 1. The van der Waals surface area contributed by atoms with Gasteiger partial charge in [-0.15, -0.1) is 0 Å². The van der Waals surface area contributed by atoms with Gasteiger partial charge in [-0.1, -0.05) is 25.5 Å². The molecule has 0 radical (unpaired) electrons. The molecule has 1 unspecified atom stereocenters. The molecule has 1 amide bonds. The van der Waals surface area contributed by atoms with E-state index in [1.54, 1.807) is 18.2 Å². The number of nitrogen functional groups attached to an aromatic ring is 1. The number of benzene rings is 2. The van der Waals surface area contributed by atoms with Crippen molar-refractivity contribution in [2.75, 3.05) is 25.9 Å². The molecule has 7 N–H and O–H groups in total. The van der Waals surface area contributed by atoms with Gasteiger partial charge in [0.05, 0.1) is 5.56 Å². The molecule has 1 fully saturated rings. The van der Waals surface area contributed by atoms with Crippen LogP contribution in [0.1, 0.15) is 48.5 Å². The Balaban J connectivity index is 0.000000290. The molecule has 0 aliphatic carbocycles. The zero-order valence-corrected chi connectivity index (χ0v) is 18.1. The summed E-state index contributed by atoms with van der Waals surface area (Å²) in [5.41, 5.74) is 11.7. The predicted octanol–water partition coefficient (Wildman–Crippen LogP) is 3.75. The molecule has 0 saturated carbocycles. The van der Waals surface area contributed by atoms with Gasteiger partial charge in [0, 0.05) is 17.6 Å². The molecule has 1 aliphatic rings. The number of aromatic hydroxyl groups is 1. The summed E-state index contributed by atoms with van der Waals surface area (Å²) in [6.45, 7) is 4.57. The molecule has 1 heterocycles. The van der Waals surface area contributed by atoms with E-state index in [4.69, 9.17) is 20.7 Å². The number of likely N-dealkylation sites (tertiary alicyclic amines) is 1. The second kappa shape index (κ2) is 12.4. The average molecular weight is 432 g/mol. The highest BCUT2D eigenvalue weighted by Gasteiger charge is 2.33. The fourth-order valence-corrected chi connectivity index (χ4v) is 3.71. The van der Waals surface area contributed by atoms with Crippen LogP contribution in [0.5, 0.6) is 5.75 Å². The Bertz CT molecular complexity index is 837. The minimum atomic E-state index is -1.33. The molecule has 2 aromatic carbocycles. The Labute approximate surface area is 183 Å². The number of likely N-dealkylation sites (N-methyl/N-ethyl adjacent to an activating group) is 1. The lowest BCUT2D eigenvalue weighted by molar-refractivity contribution is 0.0697. The second-order valence-electron chi connectivity index (χ2n) is 7.64. The number of carboxylic acid groups (broad SMARTS) is 2. The van der Waals surface area contributed by atoms with Crippen molar-refractivity contribution < 1.29 is 24.9 Å². The van der Waals surface area contributed by atoms with E-state index in [1.807, 2.05) is 12.1 Å². The Hall–Kier alpha value is -3.26. The van der Waals surface area contributed by atoms with E-state index < -0.39 is 12.1 Å². The van der Waals surface area contributed by atoms with E-state index in [2.05, 4.69) is 30.7 Å². The van der Waals surface area contributed by atoms with E-state index >= 15 is 0 Å². The van der Waals surface area contributed by atoms with Crippen molar-refractivity contribution in [3.05, 3.63) is 59.7 Å². The van der Waals surface area contributed by atoms with Crippen LogP contribution in [0, 0.1) is 0 Å². The zero-order chi connectivity index (χ0) is 23.4. The third-order valence-corrected chi connectivity index (χ3v) is 5.31. The number of hydrogen-bond donors (Lipinski definition) is 5. The van der Waals surface area contributed by atoms with Crippen molar-refractivity contribution >= 4 is 17.7 Å². The molecule has 2 aromatic rings. The van der Waals surface area contributed by atoms with Gasteiger partial charge in [-0.25, -0.2) is 9.59 Å². The van der Waals surface area contributed by atoms with Gasteiger partial charge in [-0.3, -0.25) is 0 Å². The molecule has 1 saturated heterocycles. The average Bonchev–Trinajstić information content (AvgIpc) is 2.90. The van der Waals surface area contributed by atoms with Gasteiger partial charge in [-0.05, 0) is 74.8 Å². The second-order valence-corrected chi connectivity index (χ2v) is 7.64. The number of rotatable bonds is 3. The quantitative estimate of drug-likeness (QED) is 0.464. The SMILES string of the molecule is CCC1(c2cccc(O)c2)CCCCN(C)C1.NC(=O)O.Nc1ccc(C(=O)O)cc1. The van der Waals surface area contributed by atoms with Crippen LogP contribution >= 0.6 is 0 Å². The minimum absolute atomic E-state index is 0.226. The van der Waals surface area contributed by atoms with Crippen LogP contribution in [-0.2, 0) is 5.41 Å². The molecule has 0 aromatic heterocycles. The van der Waals surface area contributed by atoms with Crippen LogP contribution in [0.4, 0.5) is 10.5 Å². The van der Waals surface area contributed by atoms with E-state index in [-0.39, 0.29) is 11.0 Å². The highest BCUT2D eigenvalue weighted by Crippen LogP contribution is 2.37. The van der Waals surface area contributed by atoms with Crippen LogP contribution < -0.4 is 11.5 Å². The monoisotopic (exact) mass is 431 g/mol. The molecule has 8 heteroatoms. The summed E-state index contributed by atoms with van der Waals surface area (Å²) in [6.07, 6.45) is 3.61. The topological polar surface area (TPSA) is 150 Å². The smallest absolute Gasteiger partial charge is 0.402 e. The Morgan fingerprint density at radius 1 is 1.10 bits per heavy atom. The van der Waals surface area contributed by atoms with Gasteiger partial charge in [0.25, 0.3) is 0 Å². The van der Waals surface area contributed by atoms with E-state index in [9.17, 15) is 9.90 Å². The third-order valence-electron chi connectivity index (χ3n) is 5.31. The standard InChI is InChI=1S/C15H23NO.C7H7NO2.CH3NO2/c1-3-15(9-4-5-10-16(2)12-15)13-7-6-8-14(17)11-13;8-6-3-1-5(2-4-6)7(9)10;2-1(3)4/h6-8,11,17H,3-5,9-10,12H2,1-2H3;1-4H,8H2,(H,9,10);2H2,(H,3,4). The maximum absolute atomic E-state index is 10.3. The zero-order valence-electron chi connectivity index (χ0n) is 18.1. The van der Waals surface area contributed by atoms with Crippen LogP contribution in [0.2, 0.25) is 0 Å². The number of primary amides is 1. The van der Waals surface area contributed by atoms with Crippen molar-refractivity contribution in [3.63, 3.8) is 0 Å². The normalized spacial score (nSPS) is 18.4. The molecule has 170 valence electrons. The predicted molar refractivity (Wildman–Crippen MR) is 121 cm³/mol. The van der Waals surface area contributed by atoms with Crippen molar-refractivity contribution in [2.24, 2.45) is 5.73 Å². The summed E-state index contributed by atoms with van der Waals surface area (Å²) < 4.78 is 0. The van der Waals surface area contributed by atoms with Gasteiger partial charge >= 0.3 is 12.1 Å². The first-order chi connectivity index (χ1) is 14.6. The summed E-state index contributed by atoms with van der Waals surface area (Å²) in [6, 6.07) is 13.9. The fraction of sp³-hybridized carbons (Fsp3) is 0.391. The van der Waals surface area contributed by atoms with Gasteiger partial charge in [0.1, 0.15) is 5.75 Å². The number of phenols is 1. The van der Waals surface area contributed by atoms with Gasteiger partial charge in [-0.2, -0.15) is 0 Å². The maximum Gasteiger partial charge on any atom is 0.402 e. The minimum Gasteiger partial charge on any atom is -0.508 e. The van der Waals surface area contributed by atoms with Crippen molar-refractivity contribution in [3.8, 4) is 5.75 Å². The largest absolute Gasteiger partial charge is 0.508 e. The van der Waals surface area contributed by atoms with Gasteiger partial charge < -0.3 is 31.7 Å². The first-order valence-corrected chi connectivity index (χ1v) is 10.1. The molecule has 0 spiro atoms. The third kappa shape index (κ3) is 8.96. The lowest BCUT2D eigenvalue weighted by Crippen LogP contribution is -2.37. The Morgan fingerprint density at radius 3 is 2.23 bits per heavy atom. The van der Waals surface area contributed by atoms with E-state index in [0.29, 0.717) is 11.4 Å². The number of hydrogen-bond acceptors (Lipinski definition) is 5. The molecule has 3 rings (SSSR count). The summed E-state index contributed by atoms with van der Waals surface area (Å²) in [4.78, 5) is 21.5. The van der Waals surface area contributed by atoms with Crippen LogP contribution in [0.3, 0.4) is 0 Å². The summed E-state index contributed by atoms with van der Waals surface area (Å²) in [5, 5.41) is 25.3. The maximum atomic E-state index is 10.3. The number of carbonyl (C=O) groups is 2. The number of nitrogens with two attached hydrogens (primary N) is 2. The van der Waals surface area contributed by atoms with Crippen molar-refractivity contribution in [1.82, 2.24) is 4.90 Å². The fourth-order valence-electron chi connectivity index (χ4n) is 3.71. The molecule has 1 aliphatic heterocycles. The molecule has 31 heavy (non-hydrogen) atoms. The molecule has 8 nitrogen and oxygen atoms in total. The Kier molecular flexibility index (Phi) is 10.3. The summed E-state index contributed by atoms with van der Waals surface area (Å²) in [5.74, 6) is -0.540. The number of carboxylic acids is 1. The van der Waals surface area contributed by atoms with E-state index in [0.717, 1.165) is 13.0 Å². The molecular weight excluding hydrogens is 398 g/mol. The number of amides is 1. The van der Waals surface area contributed by atoms with Gasteiger partial charge in [0.2, 0.25) is 0 Å². The van der Waals surface area contributed by atoms with Gasteiger partial charge in [0.15, 0.2) is 0 Å². The van der Waals surface area contributed by atoms with Crippen LogP contribution in [0.15, 0.2) is 48.5 Å².